The number of hydrogen-bond donors (Lipinski definition) is 2. The van der Waals surface area contributed by atoms with Crippen molar-refractivity contribution in [1.82, 2.24) is 9.38 Å². The van der Waals surface area contributed by atoms with E-state index < -0.39 is 11.9 Å². The Morgan fingerprint density at radius 3 is 2.50 bits per heavy atom. The Morgan fingerprint density at radius 1 is 1.21 bits per heavy atom. The zero-order valence-electron chi connectivity index (χ0n) is 15.4. The average Bonchev–Trinajstić information content (AvgIpc) is 3.05. The Hall–Kier alpha value is -3.07. The van der Waals surface area contributed by atoms with Gasteiger partial charge in [0.2, 0.25) is 0 Å². The molecule has 0 aliphatic heterocycles. The van der Waals surface area contributed by atoms with E-state index in [1.54, 1.807) is 16.7 Å². The number of aryl methyl sites for hydroxylation is 1. The quantitative estimate of drug-likeness (QED) is 0.597. The lowest BCUT2D eigenvalue weighted by Crippen LogP contribution is -2.18. The van der Waals surface area contributed by atoms with Gasteiger partial charge in [-0.25, -0.2) is 9.78 Å². The molecule has 3 rings (SSSR count). The predicted molar refractivity (Wildman–Crippen MR) is 107 cm³/mol. The lowest BCUT2D eigenvalue weighted by atomic mass is 10.1. The van der Waals surface area contributed by atoms with E-state index in [0.29, 0.717) is 29.2 Å². The number of carboxylic acids is 1. The second-order valence-corrected chi connectivity index (χ2v) is 6.76. The number of carbonyl (C=O) groups excluding carboxylic acids is 1. The minimum absolute atomic E-state index is 0.0992. The molecule has 9 heteroatoms. The van der Waals surface area contributed by atoms with Gasteiger partial charge in [-0.2, -0.15) is 0 Å². The molecule has 0 bridgehead atoms. The van der Waals surface area contributed by atoms with Gasteiger partial charge in [0.1, 0.15) is 11.3 Å². The van der Waals surface area contributed by atoms with Crippen LogP contribution < -0.4 is 14.8 Å². The second-order valence-electron chi connectivity index (χ2n) is 5.85. The van der Waals surface area contributed by atoms with Crippen LogP contribution in [0.4, 0.5) is 5.69 Å². The Labute approximate surface area is 169 Å². The Kier molecular flexibility index (Phi) is 5.55. The number of halogens is 1. The number of aromatic carboxylic acids is 1. The van der Waals surface area contributed by atoms with Crippen molar-refractivity contribution in [3.8, 4) is 11.5 Å². The Balaban J connectivity index is 2.10. The molecule has 0 aliphatic carbocycles. The average molecular weight is 448 g/mol. The van der Waals surface area contributed by atoms with Gasteiger partial charge in [-0.05, 0) is 34.5 Å². The van der Waals surface area contributed by atoms with Crippen LogP contribution in [0.3, 0.4) is 0 Å². The zero-order chi connectivity index (χ0) is 20.4. The van der Waals surface area contributed by atoms with E-state index in [9.17, 15) is 14.7 Å². The summed E-state index contributed by atoms with van der Waals surface area (Å²) in [4.78, 5) is 29.2. The number of hydrogen-bond acceptors (Lipinski definition) is 5. The summed E-state index contributed by atoms with van der Waals surface area (Å²) in [5.41, 5.74) is 1.55. The molecule has 1 amide bonds. The fraction of sp³-hybridized carbons (Fsp3) is 0.211. The molecule has 0 saturated heterocycles. The molecule has 0 radical (unpaired) electrons. The van der Waals surface area contributed by atoms with Crippen molar-refractivity contribution >= 4 is 39.1 Å². The first-order valence-corrected chi connectivity index (χ1v) is 9.16. The normalized spacial score (nSPS) is 10.7. The summed E-state index contributed by atoms with van der Waals surface area (Å²) in [5, 5.41) is 12.2. The van der Waals surface area contributed by atoms with E-state index in [4.69, 9.17) is 9.47 Å². The first-order valence-electron chi connectivity index (χ1n) is 8.36. The van der Waals surface area contributed by atoms with E-state index in [-0.39, 0.29) is 17.0 Å². The van der Waals surface area contributed by atoms with Crippen LogP contribution in [0.25, 0.3) is 5.65 Å². The minimum atomic E-state index is -1.20. The summed E-state index contributed by atoms with van der Waals surface area (Å²) in [6.07, 6.45) is 2.28. The summed E-state index contributed by atoms with van der Waals surface area (Å²) in [6.45, 7) is 1.90. The van der Waals surface area contributed by atoms with E-state index in [1.807, 2.05) is 13.0 Å². The van der Waals surface area contributed by atoms with Gasteiger partial charge in [-0.15, -0.1) is 0 Å². The number of ether oxygens (including phenoxy) is 2. The maximum atomic E-state index is 13.1. The Morgan fingerprint density at radius 2 is 1.89 bits per heavy atom. The summed E-state index contributed by atoms with van der Waals surface area (Å²) in [5.74, 6) is -1.12. The van der Waals surface area contributed by atoms with Crippen molar-refractivity contribution in [2.45, 2.75) is 13.3 Å². The predicted octanol–water partition coefficient (Wildman–Crippen LogP) is 3.63. The maximum Gasteiger partial charge on any atom is 0.337 e. The first kappa shape index (κ1) is 19.7. The van der Waals surface area contributed by atoms with Crippen LogP contribution in [-0.4, -0.2) is 40.6 Å². The molecule has 0 spiro atoms. The van der Waals surface area contributed by atoms with Gasteiger partial charge in [0.15, 0.2) is 11.5 Å². The number of anilines is 1. The van der Waals surface area contributed by atoms with Crippen LogP contribution in [0.15, 0.2) is 34.9 Å². The molecule has 1 aromatic carbocycles. The van der Waals surface area contributed by atoms with Crippen molar-refractivity contribution in [3.05, 3.63) is 51.9 Å². The molecule has 0 aliphatic rings. The molecule has 146 valence electrons. The number of pyridine rings is 1. The third-order valence-electron chi connectivity index (χ3n) is 4.21. The highest BCUT2D eigenvalue weighted by atomic mass is 79.9. The monoisotopic (exact) mass is 447 g/mol. The number of carboxylic acid groups (broad SMARTS) is 1. The van der Waals surface area contributed by atoms with E-state index >= 15 is 0 Å². The lowest BCUT2D eigenvalue weighted by Gasteiger charge is -2.14. The molecule has 2 N–H and O–H groups in total. The highest BCUT2D eigenvalue weighted by molar-refractivity contribution is 9.10. The van der Waals surface area contributed by atoms with Crippen LogP contribution in [0.1, 0.15) is 33.5 Å². The van der Waals surface area contributed by atoms with Crippen LogP contribution in [-0.2, 0) is 6.42 Å². The molecule has 2 aromatic heterocycles. The maximum absolute atomic E-state index is 13.1. The molecular formula is C19H18BrN3O5. The van der Waals surface area contributed by atoms with E-state index in [0.717, 1.165) is 4.47 Å². The van der Waals surface area contributed by atoms with Crippen LogP contribution in [0.2, 0.25) is 0 Å². The van der Waals surface area contributed by atoms with Crippen molar-refractivity contribution in [2.24, 2.45) is 0 Å². The number of benzene rings is 1. The number of carbonyl (C=O) groups is 2. The lowest BCUT2D eigenvalue weighted by molar-refractivity contribution is 0.0697. The number of nitrogens with zero attached hydrogens (tertiary/aromatic N) is 2. The number of imidazole rings is 1. The fourth-order valence-corrected chi connectivity index (χ4v) is 3.23. The standard InChI is InChI=1S/C19H18BrN3O5/c1-4-12-17(23-9-10(20)5-6-16(23)21-12)18(24)22-13-8-15(28-3)14(27-2)7-11(13)19(25)26/h5-9H,4H2,1-3H3,(H,22,24)(H,25,26). The molecule has 8 nitrogen and oxygen atoms in total. The second kappa shape index (κ2) is 7.89. The number of methoxy groups -OCH3 is 2. The third-order valence-corrected chi connectivity index (χ3v) is 4.68. The van der Waals surface area contributed by atoms with Gasteiger partial charge in [0.05, 0.1) is 31.2 Å². The molecule has 2 heterocycles. The third kappa shape index (κ3) is 3.53. The minimum Gasteiger partial charge on any atom is -0.493 e. The summed E-state index contributed by atoms with van der Waals surface area (Å²) < 4.78 is 12.8. The smallest absolute Gasteiger partial charge is 0.337 e. The van der Waals surface area contributed by atoms with Gasteiger partial charge < -0.3 is 19.9 Å². The SMILES string of the molecule is CCc1nc2ccc(Br)cn2c1C(=O)Nc1cc(OC)c(OC)cc1C(=O)O. The van der Waals surface area contributed by atoms with Gasteiger partial charge in [-0.3, -0.25) is 9.20 Å². The number of aromatic nitrogens is 2. The molecule has 28 heavy (non-hydrogen) atoms. The molecule has 0 saturated carbocycles. The highest BCUT2D eigenvalue weighted by Gasteiger charge is 2.22. The van der Waals surface area contributed by atoms with Crippen molar-refractivity contribution < 1.29 is 24.2 Å². The van der Waals surface area contributed by atoms with Crippen molar-refractivity contribution in [3.63, 3.8) is 0 Å². The molecule has 0 fully saturated rings. The van der Waals surface area contributed by atoms with Gasteiger partial charge >= 0.3 is 5.97 Å². The van der Waals surface area contributed by atoms with Crippen molar-refractivity contribution in [2.75, 3.05) is 19.5 Å². The van der Waals surface area contributed by atoms with Gasteiger partial charge in [0, 0.05) is 22.8 Å². The zero-order valence-corrected chi connectivity index (χ0v) is 17.0. The number of rotatable bonds is 6. The number of fused-ring (bicyclic) bond motifs is 1. The largest absolute Gasteiger partial charge is 0.493 e. The molecule has 0 unspecified atom stereocenters. The van der Waals surface area contributed by atoms with Crippen LogP contribution in [0.5, 0.6) is 11.5 Å². The Bertz CT molecular complexity index is 1080. The highest BCUT2D eigenvalue weighted by Crippen LogP contribution is 2.34. The fourth-order valence-electron chi connectivity index (χ4n) is 2.90. The molecular weight excluding hydrogens is 430 g/mol. The first-order chi connectivity index (χ1) is 13.4. The number of amides is 1. The topological polar surface area (TPSA) is 102 Å². The van der Waals surface area contributed by atoms with Crippen LogP contribution in [0, 0.1) is 0 Å². The van der Waals surface area contributed by atoms with Gasteiger partial charge in [-0.1, -0.05) is 6.92 Å². The molecule has 3 aromatic rings. The van der Waals surface area contributed by atoms with E-state index in [1.165, 1.54) is 26.4 Å². The van der Waals surface area contributed by atoms with Crippen molar-refractivity contribution in [1.29, 1.82) is 0 Å². The number of nitrogens with one attached hydrogen (secondary N) is 1. The summed E-state index contributed by atoms with van der Waals surface area (Å²) >= 11 is 3.39. The van der Waals surface area contributed by atoms with E-state index in [2.05, 4.69) is 26.2 Å². The van der Waals surface area contributed by atoms with Crippen LogP contribution >= 0.6 is 15.9 Å². The summed E-state index contributed by atoms with van der Waals surface area (Å²) in [7, 11) is 2.84. The van der Waals surface area contributed by atoms with Gasteiger partial charge in [0.25, 0.3) is 5.91 Å². The molecule has 0 atom stereocenters. The summed E-state index contributed by atoms with van der Waals surface area (Å²) in [6, 6.07) is 6.35.